The first-order chi connectivity index (χ1) is 9.36. The normalized spacial score (nSPS) is 10.4. The summed E-state index contributed by atoms with van der Waals surface area (Å²) in [5.41, 5.74) is 0.377. The molecule has 1 aromatic carbocycles. The average Bonchev–Trinajstić information content (AvgIpc) is 2.37. The number of carbonyl (C=O) groups is 2. The minimum atomic E-state index is -1.00. The van der Waals surface area contributed by atoms with Crippen molar-refractivity contribution in [3.63, 3.8) is 0 Å². The fourth-order valence-corrected chi connectivity index (χ4v) is 1.80. The van der Waals surface area contributed by atoms with Crippen molar-refractivity contribution in [2.45, 2.75) is 27.2 Å². The van der Waals surface area contributed by atoms with E-state index in [0.717, 1.165) is 6.07 Å². The number of esters is 1. The van der Waals surface area contributed by atoms with E-state index in [-0.39, 0.29) is 23.8 Å². The highest BCUT2D eigenvalue weighted by atomic mass is 16.6. The molecule has 0 bridgehead atoms. The van der Waals surface area contributed by atoms with Gasteiger partial charge in [0.25, 0.3) is 11.5 Å². The van der Waals surface area contributed by atoms with E-state index >= 15 is 0 Å². The van der Waals surface area contributed by atoms with Crippen LogP contribution in [0, 0.1) is 16.0 Å². The Morgan fingerprint density at radius 3 is 2.50 bits per heavy atom. The van der Waals surface area contributed by atoms with Crippen molar-refractivity contribution in [1.29, 1.82) is 0 Å². The van der Waals surface area contributed by atoms with Crippen LogP contribution in [0.25, 0.3) is 0 Å². The summed E-state index contributed by atoms with van der Waals surface area (Å²) in [6.07, 6.45) is 0.532. The van der Waals surface area contributed by atoms with Crippen LogP contribution < -0.4 is 0 Å². The van der Waals surface area contributed by atoms with E-state index in [9.17, 15) is 19.7 Å². The van der Waals surface area contributed by atoms with Crippen molar-refractivity contribution in [1.82, 2.24) is 0 Å². The molecule has 0 amide bonds. The van der Waals surface area contributed by atoms with Crippen LogP contribution in [-0.4, -0.2) is 23.3 Å². The van der Waals surface area contributed by atoms with Crippen molar-refractivity contribution >= 4 is 17.4 Å². The summed E-state index contributed by atoms with van der Waals surface area (Å²) < 4.78 is 4.59. The van der Waals surface area contributed by atoms with Gasteiger partial charge in [-0.15, -0.1) is 0 Å². The number of hydrogen-bond donors (Lipinski definition) is 0. The van der Waals surface area contributed by atoms with Gasteiger partial charge in [-0.25, -0.2) is 4.79 Å². The van der Waals surface area contributed by atoms with Crippen molar-refractivity contribution in [3.05, 3.63) is 39.4 Å². The summed E-state index contributed by atoms with van der Waals surface area (Å²) >= 11 is 0. The maximum Gasteiger partial charge on any atom is 0.379 e. The molecule has 0 aliphatic carbocycles. The molecular formula is C14H17NO5. The van der Waals surface area contributed by atoms with Crippen LogP contribution in [0.2, 0.25) is 0 Å². The van der Waals surface area contributed by atoms with Gasteiger partial charge in [0.2, 0.25) is 0 Å². The number of nitro groups is 1. The second kappa shape index (κ2) is 6.79. The molecule has 0 aromatic heterocycles. The lowest BCUT2D eigenvalue weighted by Crippen LogP contribution is -2.17. The van der Waals surface area contributed by atoms with Gasteiger partial charge in [0, 0.05) is 17.2 Å². The van der Waals surface area contributed by atoms with Gasteiger partial charge in [-0.2, -0.15) is 0 Å². The maximum atomic E-state index is 11.7. The number of ketones is 1. The van der Waals surface area contributed by atoms with Gasteiger partial charge in [-0.05, 0) is 25.3 Å². The van der Waals surface area contributed by atoms with Crippen LogP contribution >= 0.6 is 0 Å². The number of nitrogens with zero attached hydrogens (tertiary/aromatic N) is 1. The molecule has 0 fully saturated rings. The number of rotatable bonds is 6. The molecular weight excluding hydrogens is 262 g/mol. The van der Waals surface area contributed by atoms with Crippen LogP contribution in [-0.2, 0) is 16.0 Å². The number of hydrogen-bond acceptors (Lipinski definition) is 5. The zero-order valence-corrected chi connectivity index (χ0v) is 11.7. The quantitative estimate of drug-likeness (QED) is 0.262. The van der Waals surface area contributed by atoms with Gasteiger partial charge < -0.3 is 4.74 Å². The zero-order chi connectivity index (χ0) is 15.3. The monoisotopic (exact) mass is 279 g/mol. The smallest absolute Gasteiger partial charge is 0.379 e. The van der Waals surface area contributed by atoms with Gasteiger partial charge in [-0.3, -0.25) is 14.9 Å². The largest absolute Gasteiger partial charge is 0.460 e. The van der Waals surface area contributed by atoms with Crippen LogP contribution in [0.1, 0.15) is 36.7 Å². The van der Waals surface area contributed by atoms with Crippen molar-refractivity contribution < 1.29 is 19.2 Å². The molecule has 0 unspecified atom stereocenters. The Hall–Kier alpha value is -2.24. The first-order valence-corrected chi connectivity index (χ1v) is 6.35. The van der Waals surface area contributed by atoms with E-state index in [0.29, 0.717) is 12.0 Å². The third kappa shape index (κ3) is 3.88. The highest BCUT2D eigenvalue weighted by Gasteiger charge is 2.22. The first kappa shape index (κ1) is 15.8. The fraction of sp³-hybridized carbons (Fsp3) is 0.429. The average molecular weight is 279 g/mol. The van der Waals surface area contributed by atoms with Crippen molar-refractivity contribution in [2.24, 2.45) is 5.92 Å². The lowest BCUT2D eigenvalue weighted by molar-refractivity contribution is -0.385. The molecule has 0 aliphatic heterocycles. The Morgan fingerprint density at radius 2 is 2.00 bits per heavy atom. The molecule has 0 aliphatic rings. The molecule has 6 nitrogen and oxygen atoms in total. The second-order valence-electron chi connectivity index (χ2n) is 4.75. The van der Waals surface area contributed by atoms with Crippen molar-refractivity contribution in [2.75, 3.05) is 6.61 Å². The van der Waals surface area contributed by atoms with E-state index < -0.39 is 16.7 Å². The predicted octanol–water partition coefficient (Wildman–Crippen LogP) is 2.54. The lowest BCUT2D eigenvalue weighted by atomic mass is 9.98. The Kier molecular flexibility index (Phi) is 5.37. The Balaban J connectivity index is 3.13. The molecule has 0 heterocycles. The molecule has 20 heavy (non-hydrogen) atoms. The topological polar surface area (TPSA) is 86.5 Å². The summed E-state index contributed by atoms with van der Waals surface area (Å²) in [6, 6.07) is 4.07. The third-order valence-corrected chi connectivity index (χ3v) is 2.63. The first-order valence-electron chi connectivity index (χ1n) is 6.35. The number of benzene rings is 1. The molecule has 1 rings (SSSR count). The van der Waals surface area contributed by atoms with Crippen molar-refractivity contribution in [3.8, 4) is 0 Å². The van der Waals surface area contributed by atoms with Gasteiger partial charge in [0.15, 0.2) is 0 Å². The lowest BCUT2D eigenvalue weighted by Gasteiger charge is -2.07. The van der Waals surface area contributed by atoms with Gasteiger partial charge in [0.05, 0.1) is 11.5 Å². The highest BCUT2D eigenvalue weighted by Crippen LogP contribution is 2.23. The summed E-state index contributed by atoms with van der Waals surface area (Å²) in [4.78, 5) is 33.6. The molecule has 0 saturated heterocycles. The molecule has 0 spiro atoms. The predicted molar refractivity (Wildman–Crippen MR) is 72.6 cm³/mol. The minimum Gasteiger partial charge on any atom is -0.460 e. The molecule has 1 aromatic rings. The van der Waals surface area contributed by atoms with Gasteiger partial charge in [0.1, 0.15) is 0 Å². The van der Waals surface area contributed by atoms with Crippen LogP contribution in [0.4, 0.5) is 5.69 Å². The summed E-state index contributed by atoms with van der Waals surface area (Å²) in [5, 5.41) is 11.1. The van der Waals surface area contributed by atoms with Crippen LogP contribution in [0.15, 0.2) is 18.2 Å². The van der Waals surface area contributed by atoms with Gasteiger partial charge in [-0.1, -0.05) is 19.9 Å². The van der Waals surface area contributed by atoms with Crippen LogP contribution in [0.5, 0.6) is 0 Å². The molecule has 108 valence electrons. The van der Waals surface area contributed by atoms with E-state index in [1.54, 1.807) is 6.92 Å². The molecule has 0 radical (unpaired) electrons. The molecule has 6 heteroatoms. The Morgan fingerprint density at radius 1 is 1.35 bits per heavy atom. The number of ether oxygens (including phenoxy) is 1. The maximum absolute atomic E-state index is 11.7. The number of nitro benzene ring substituents is 1. The summed E-state index contributed by atoms with van der Waals surface area (Å²) in [5.74, 6) is -1.62. The molecule has 0 saturated carbocycles. The van der Waals surface area contributed by atoms with E-state index in [1.807, 2.05) is 13.8 Å². The summed E-state index contributed by atoms with van der Waals surface area (Å²) in [6.45, 7) is 5.56. The SMILES string of the molecule is CCOC(=O)C(=O)c1ccc(CC(C)C)c([N+](=O)[O-])c1. The molecule has 0 atom stereocenters. The van der Waals surface area contributed by atoms with E-state index in [4.69, 9.17) is 0 Å². The number of Topliss-reactive ketones (excluding diaryl/α,β-unsaturated/α-hetero) is 1. The Bertz CT molecular complexity index is 536. The minimum absolute atomic E-state index is 0.0253. The zero-order valence-electron chi connectivity index (χ0n) is 11.7. The van der Waals surface area contributed by atoms with E-state index in [2.05, 4.69) is 4.74 Å². The van der Waals surface area contributed by atoms with Crippen LogP contribution in [0.3, 0.4) is 0 Å². The third-order valence-electron chi connectivity index (χ3n) is 2.63. The Labute approximate surface area is 116 Å². The number of carbonyl (C=O) groups excluding carboxylic acids is 2. The highest BCUT2D eigenvalue weighted by molar-refractivity contribution is 6.40. The fourth-order valence-electron chi connectivity index (χ4n) is 1.80. The second-order valence-corrected chi connectivity index (χ2v) is 4.75. The summed E-state index contributed by atoms with van der Waals surface area (Å²) in [7, 11) is 0. The molecule has 0 N–H and O–H groups in total. The van der Waals surface area contributed by atoms with Gasteiger partial charge >= 0.3 is 5.97 Å². The standard InChI is InChI=1S/C14H17NO5/c1-4-20-14(17)13(16)11-6-5-10(7-9(2)3)12(8-11)15(18)19/h5-6,8-9H,4,7H2,1-3H3. The van der Waals surface area contributed by atoms with E-state index in [1.165, 1.54) is 12.1 Å².